The quantitative estimate of drug-likeness (QED) is 0.213. The highest BCUT2D eigenvalue weighted by Gasteiger charge is 2.49. The maximum atomic E-state index is 13.5. The number of halogens is 1. The molecule has 1 saturated heterocycles. The van der Waals surface area contributed by atoms with Gasteiger partial charge in [-0.3, -0.25) is 19.1 Å². The third-order valence-electron chi connectivity index (χ3n) is 7.04. The Morgan fingerprint density at radius 2 is 2.00 bits per heavy atom. The first-order chi connectivity index (χ1) is 16.7. The van der Waals surface area contributed by atoms with Crippen LogP contribution in [0.15, 0.2) is 41.0 Å². The van der Waals surface area contributed by atoms with Crippen LogP contribution in [0, 0.1) is 12.8 Å². The van der Waals surface area contributed by atoms with Gasteiger partial charge < -0.3 is 10.6 Å². The number of nitrogens with two attached hydrogens (primary N) is 2. The van der Waals surface area contributed by atoms with E-state index in [2.05, 4.69) is 26.0 Å². The number of amides is 3. The first kappa shape index (κ1) is 23.4. The number of nitrogens with zero attached hydrogens (tertiary/aromatic N) is 5. The van der Waals surface area contributed by atoms with Crippen LogP contribution in [0.4, 0.5) is 5.82 Å². The van der Waals surface area contributed by atoms with Crippen LogP contribution in [-0.4, -0.2) is 49.5 Å². The molecule has 4 N–H and O–H groups in total. The molecule has 5 rings (SSSR count). The Morgan fingerprint density at radius 1 is 1.20 bits per heavy atom. The van der Waals surface area contributed by atoms with Gasteiger partial charge >= 0.3 is 0 Å². The van der Waals surface area contributed by atoms with Crippen molar-refractivity contribution in [3.63, 3.8) is 0 Å². The fourth-order valence-electron chi connectivity index (χ4n) is 5.26. The molecule has 11 heteroatoms. The summed E-state index contributed by atoms with van der Waals surface area (Å²) in [5.41, 5.74) is 7.32. The van der Waals surface area contributed by atoms with Gasteiger partial charge in [-0.05, 0) is 72.3 Å². The van der Waals surface area contributed by atoms with Gasteiger partial charge in [-0.25, -0.2) is 15.8 Å². The molecule has 0 spiro atoms. The number of hydrogen-bond donors (Lipinski definition) is 2. The zero-order valence-electron chi connectivity index (χ0n) is 19.2. The molecule has 0 radical (unpaired) electrons. The molecule has 2 aromatic heterocycles. The summed E-state index contributed by atoms with van der Waals surface area (Å²) in [5.74, 6) is 5.69. The first-order valence-corrected chi connectivity index (χ1v) is 12.3. The van der Waals surface area contributed by atoms with E-state index in [1.54, 1.807) is 18.2 Å². The van der Waals surface area contributed by atoms with Crippen molar-refractivity contribution in [1.29, 1.82) is 0 Å². The molecule has 1 saturated carbocycles. The summed E-state index contributed by atoms with van der Waals surface area (Å²) in [6, 6.07) is 10.6. The highest BCUT2D eigenvalue weighted by atomic mass is 79.9. The number of rotatable bonds is 6. The van der Waals surface area contributed by atoms with Gasteiger partial charge in [0.05, 0.1) is 5.52 Å². The number of carbonyl (C=O) groups excluding carboxylic acids is 3. The molecular weight excluding hydrogens is 514 g/mol. The highest BCUT2D eigenvalue weighted by molar-refractivity contribution is 9.10. The molecule has 3 heterocycles. The van der Waals surface area contributed by atoms with Crippen molar-refractivity contribution in [2.45, 2.75) is 51.2 Å². The highest BCUT2D eigenvalue weighted by Crippen LogP contribution is 2.45. The van der Waals surface area contributed by atoms with E-state index in [1.165, 1.54) is 4.68 Å². The summed E-state index contributed by atoms with van der Waals surface area (Å²) < 4.78 is 2.11. The predicted octanol–water partition coefficient (Wildman–Crippen LogP) is 2.28. The molecule has 10 nitrogen and oxygen atoms in total. The molecule has 2 fully saturated rings. The number of aryl methyl sites for hydroxylation is 1. The molecule has 35 heavy (non-hydrogen) atoms. The molecule has 3 atom stereocenters. The molecule has 1 aromatic carbocycles. The van der Waals surface area contributed by atoms with E-state index in [-0.39, 0.29) is 42.6 Å². The minimum absolute atomic E-state index is 0.0414. The molecule has 2 aliphatic rings. The molecule has 0 bridgehead atoms. The lowest BCUT2D eigenvalue weighted by Crippen LogP contribution is -2.49. The Hall–Kier alpha value is -3.31. The Balaban J connectivity index is 1.37. The molecule has 3 amide bonds. The normalized spacial score (nSPS) is 21.0. The Bertz CT molecular complexity index is 1340. The Labute approximate surface area is 210 Å². The number of anilines is 1. The maximum absolute atomic E-state index is 13.5. The largest absolute Gasteiger partial charge is 0.364 e. The second-order valence-corrected chi connectivity index (χ2v) is 10.1. The molecule has 3 aromatic rings. The van der Waals surface area contributed by atoms with Crippen LogP contribution in [0.25, 0.3) is 10.9 Å². The van der Waals surface area contributed by atoms with Crippen molar-refractivity contribution in [2.75, 3.05) is 5.01 Å². The number of hydrazine groups is 1. The zero-order valence-corrected chi connectivity index (χ0v) is 20.8. The van der Waals surface area contributed by atoms with Crippen LogP contribution < -0.4 is 16.6 Å². The van der Waals surface area contributed by atoms with Crippen LogP contribution in [0.2, 0.25) is 0 Å². The fourth-order valence-corrected chi connectivity index (χ4v) is 5.60. The van der Waals surface area contributed by atoms with E-state index in [0.717, 1.165) is 29.8 Å². The lowest BCUT2D eigenvalue weighted by Gasteiger charge is -2.37. The predicted molar refractivity (Wildman–Crippen MR) is 133 cm³/mol. The minimum Gasteiger partial charge on any atom is -0.364 e. The number of aromatic nitrogens is 3. The zero-order chi connectivity index (χ0) is 24.9. The monoisotopic (exact) mass is 539 g/mol. The van der Waals surface area contributed by atoms with Gasteiger partial charge in [0, 0.05) is 23.9 Å². The van der Waals surface area contributed by atoms with Gasteiger partial charge in [0.1, 0.15) is 11.1 Å². The summed E-state index contributed by atoms with van der Waals surface area (Å²) in [6.45, 7) is 1.87. The van der Waals surface area contributed by atoms with E-state index < -0.39 is 5.91 Å². The second kappa shape index (κ2) is 9.04. The smallest absolute Gasteiger partial charge is 0.269 e. The molecule has 182 valence electrons. The van der Waals surface area contributed by atoms with Crippen molar-refractivity contribution in [3.8, 4) is 0 Å². The lowest BCUT2D eigenvalue weighted by atomic mass is 9.80. The number of hydrogen-bond acceptors (Lipinski definition) is 6. The number of primary amides is 1. The summed E-state index contributed by atoms with van der Waals surface area (Å²) >= 11 is 3.29. The number of carbonyl (C=O) groups is 3. The van der Waals surface area contributed by atoms with E-state index in [4.69, 9.17) is 11.6 Å². The first-order valence-electron chi connectivity index (χ1n) is 11.5. The van der Waals surface area contributed by atoms with Crippen molar-refractivity contribution >= 4 is 50.4 Å². The standard InChI is InChI=1S/C24H26BrN7O3/c1-13-5-7-18-16(9-13)23(24(26)35)29-30(18)12-22(34)31-15(10-14-6-8-17(14)31)11-21(33)32(27)20-4-2-3-19(25)28-20/h2-5,7,9,14-15,17H,6,8,10-12,27H2,1H3,(H2,26,35)/t14-,15+,17-/m1/s1. The number of pyridine rings is 1. The van der Waals surface area contributed by atoms with Crippen LogP contribution >= 0.6 is 15.9 Å². The second-order valence-electron chi connectivity index (χ2n) is 9.27. The average molecular weight is 540 g/mol. The Kier molecular flexibility index (Phi) is 6.06. The van der Waals surface area contributed by atoms with Crippen molar-refractivity contribution < 1.29 is 14.4 Å². The number of benzene rings is 1. The topological polar surface area (TPSA) is 140 Å². The summed E-state index contributed by atoms with van der Waals surface area (Å²) in [6.07, 6.45) is 2.81. The van der Waals surface area contributed by atoms with Gasteiger partial charge in [-0.1, -0.05) is 17.7 Å². The van der Waals surface area contributed by atoms with Crippen molar-refractivity contribution in [3.05, 3.63) is 52.3 Å². The van der Waals surface area contributed by atoms with Gasteiger partial charge in [0.15, 0.2) is 11.5 Å². The van der Waals surface area contributed by atoms with Crippen LogP contribution in [0.1, 0.15) is 41.7 Å². The van der Waals surface area contributed by atoms with Gasteiger partial charge in [0.25, 0.3) is 5.91 Å². The molecular formula is C24H26BrN7O3. The fraction of sp³-hybridized carbons (Fsp3) is 0.375. The Morgan fingerprint density at radius 3 is 2.69 bits per heavy atom. The van der Waals surface area contributed by atoms with Crippen molar-refractivity contribution in [2.24, 2.45) is 17.5 Å². The minimum atomic E-state index is -0.639. The maximum Gasteiger partial charge on any atom is 0.269 e. The van der Waals surface area contributed by atoms with E-state index in [9.17, 15) is 14.4 Å². The van der Waals surface area contributed by atoms with Crippen molar-refractivity contribution in [1.82, 2.24) is 19.7 Å². The van der Waals surface area contributed by atoms with Crippen LogP contribution in [0.3, 0.4) is 0 Å². The van der Waals surface area contributed by atoms with Crippen LogP contribution in [0.5, 0.6) is 0 Å². The van der Waals surface area contributed by atoms with Gasteiger partial charge in [-0.15, -0.1) is 0 Å². The van der Waals surface area contributed by atoms with Gasteiger partial charge in [0.2, 0.25) is 11.8 Å². The van der Waals surface area contributed by atoms with E-state index in [0.29, 0.717) is 27.2 Å². The van der Waals surface area contributed by atoms with Gasteiger partial charge in [-0.2, -0.15) is 5.10 Å². The number of fused-ring (bicyclic) bond motifs is 2. The number of likely N-dealkylation sites (tertiary alicyclic amines) is 1. The van der Waals surface area contributed by atoms with E-state index >= 15 is 0 Å². The van der Waals surface area contributed by atoms with E-state index in [1.807, 2.05) is 30.0 Å². The average Bonchev–Trinajstić information content (AvgIpc) is 3.27. The lowest BCUT2D eigenvalue weighted by molar-refractivity contribution is -0.137. The third-order valence-corrected chi connectivity index (χ3v) is 7.48. The molecule has 1 aliphatic carbocycles. The van der Waals surface area contributed by atoms with Crippen LogP contribution in [-0.2, 0) is 16.1 Å². The summed E-state index contributed by atoms with van der Waals surface area (Å²) in [7, 11) is 0. The molecule has 0 unspecified atom stereocenters. The SMILES string of the molecule is Cc1ccc2c(c1)c(C(N)=O)nn2CC(=O)N1[C@H](CC(=O)N(N)c2cccc(Br)n2)C[C@H]2CC[C@H]21. The summed E-state index contributed by atoms with van der Waals surface area (Å²) in [4.78, 5) is 44.6. The summed E-state index contributed by atoms with van der Waals surface area (Å²) in [5, 5.41) is 6.02. The third kappa shape index (κ3) is 4.30. The molecule has 1 aliphatic heterocycles.